The van der Waals surface area contributed by atoms with E-state index in [-0.39, 0.29) is 5.91 Å². The maximum atomic E-state index is 11.6. The van der Waals surface area contributed by atoms with Crippen LogP contribution >= 0.6 is 11.3 Å². The minimum absolute atomic E-state index is 0.0325. The molecule has 0 radical (unpaired) electrons. The van der Waals surface area contributed by atoms with Gasteiger partial charge in [0.05, 0.1) is 10.7 Å². The summed E-state index contributed by atoms with van der Waals surface area (Å²) in [6.07, 6.45) is 2.58. The Hall–Kier alpha value is -1.16. The number of carbonyl (C=O) groups excluding carboxylic acids is 1. The van der Waals surface area contributed by atoms with Crippen LogP contribution in [-0.2, 0) is 0 Å². The second kappa shape index (κ2) is 4.91. The molecule has 1 N–H and O–H groups in total. The smallest absolute Gasteiger partial charge is 0.263 e. The van der Waals surface area contributed by atoms with E-state index in [0.717, 1.165) is 17.1 Å². The van der Waals surface area contributed by atoms with Gasteiger partial charge in [0.25, 0.3) is 5.91 Å². The van der Waals surface area contributed by atoms with Gasteiger partial charge in [-0.25, -0.2) is 4.98 Å². The molecular formula is C10H14N2OS. The summed E-state index contributed by atoms with van der Waals surface area (Å²) in [7, 11) is 0. The molecule has 0 fully saturated rings. The van der Waals surface area contributed by atoms with Gasteiger partial charge >= 0.3 is 0 Å². The van der Waals surface area contributed by atoms with Gasteiger partial charge < -0.3 is 5.32 Å². The summed E-state index contributed by atoms with van der Waals surface area (Å²) in [6, 6.07) is 0. The Kier molecular flexibility index (Phi) is 3.83. The fraction of sp³-hybridized carbons (Fsp3) is 0.400. The van der Waals surface area contributed by atoms with Crippen molar-refractivity contribution in [2.75, 3.05) is 6.54 Å². The molecule has 0 spiro atoms. The zero-order valence-corrected chi connectivity index (χ0v) is 9.28. The highest BCUT2D eigenvalue weighted by Crippen LogP contribution is 2.16. The molecule has 3 nitrogen and oxygen atoms in total. The molecule has 0 aliphatic heterocycles. The topological polar surface area (TPSA) is 42.0 Å². The minimum atomic E-state index is -0.0325. The molecule has 0 saturated heterocycles. The van der Waals surface area contributed by atoms with Gasteiger partial charge in [0, 0.05) is 6.54 Å². The molecule has 1 heterocycles. The van der Waals surface area contributed by atoms with Crippen molar-refractivity contribution >= 4 is 17.2 Å². The highest BCUT2D eigenvalue weighted by atomic mass is 32.1. The van der Waals surface area contributed by atoms with Gasteiger partial charge in [0.1, 0.15) is 4.88 Å². The average molecular weight is 210 g/mol. The van der Waals surface area contributed by atoms with Gasteiger partial charge in [-0.3, -0.25) is 4.79 Å². The zero-order valence-electron chi connectivity index (χ0n) is 8.46. The first-order chi connectivity index (χ1) is 6.65. The fourth-order valence-corrected chi connectivity index (χ4v) is 1.95. The van der Waals surface area contributed by atoms with Gasteiger partial charge in [-0.05, 0) is 20.3 Å². The van der Waals surface area contributed by atoms with E-state index in [1.807, 2.05) is 13.8 Å². The lowest BCUT2D eigenvalue weighted by Crippen LogP contribution is -2.23. The number of hydrogen-bond acceptors (Lipinski definition) is 3. The lowest BCUT2D eigenvalue weighted by molar-refractivity contribution is 0.0957. The Morgan fingerprint density at radius 3 is 2.86 bits per heavy atom. The molecule has 1 rings (SSSR count). The van der Waals surface area contributed by atoms with Crippen molar-refractivity contribution in [2.45, 2.75) is 20.3 Å². The summed E-state index contributed by atoms with van der Waals surface area (Å²) < 4.78 is 0. The van der Waals surface area contributed by atoms with Gasteiger partial charge in [-0.2, -0.15) is 0 Å². The van der Waals surface area contributed by atoms with E-state index in [4.69, 9.17) is 0 Å². The van der Waals surface area contributed by atoms with Crippen molar-refractivity contribution in [2.24, 2.45) is 0 Å². The number of nitrogens with one attached hydrogen (secondary N) is 1. The van der Waals surface area contributed by atoms with Crippen LogP contribution in [0.2, 0.25) is 0 Å². The van der Waals surface area contributed by atoms with Gasteiger partial charge in [-0.1, -0.05) is 6.08 Å². The van der Waals surface area contributed by atoms with E-state index in [9.17, 15) is 4.79 Å². The van der Waals surface area contributed by atoms with Crippen LogP contribution in [0.3, 0.4) is 0 Å². The molecule has 0 saturated carbocycles. The predicted octanol–water partition coefficient (Wildman–Crippen LogP) is 2.07. The third-order valence-corrected chi connectivity index (χ3v) is 2.82. The van der Waals surface area contributed by atoms with Crippen molar-refractivity contribution in [3.05, 3.63) is 28.2 Å². The lowest BCUT2D eigenvalue weighted by atomic mass is 10.3. The van der Waals surface area contributed by atoms with Crippen LogP contribution in [0.1, 0.15) is 26.8 Å². The summed E-state index contributed by atoms with van der Waals surface area (Å²) >= 11 is 1.43. The summed E-state index contributed by atoms with van der Waals surface area (Å²) in [5.41, 5.74) is 0.809. The maximum absolute atomic E-state index is 11.6. The van der Waals surface area contributed by atoms with E-state index < -0.39 is 0 Å². The quantitative estimate of drug-likeness (QED) is 0.610. The number of rotatable bonds is 4. The van der Waals surface area contributed by atoms with Crippen molar-refractivity contribution in [3.63, 3.8) is 0 Å². The molecule has 4 heteroatoms. The Morgan fingerprint density at radius 1 is 1.64 bits per heavy atom. The molecule has 14 heavy (non-hydrogen) atoms. The predicted molar refractivity (Wildman–Crippen MR) is 58.7 cm³/mol. The SMILES string of the molecule is C=CCCNC(=O)c1sc(C)nc1C. The molecule has 0 aliphatic carbocycles. The molecule has 0 unspecified atom stereocenters. The first-order valence-electron chi connectivity index (χ1n) is 4.48. The lowest BCUT2D eigenvalue weighted by Gasteiger charge is -2.00. The van der Waals surface area contributed by atoms with E-state index in [1.165, 1.54) is 11.3 Å². The van der Waals surface area contributed by atoms with Crippen LogP contribution in [0.25, 0.3) is 0 Å². The van der Waals surface area contributed by atoms with Crippen LogP contribution in [0.15, 0.2) is 12.7 Å². The highest BCUT2D eigenvalue weighted by molar-refractivity contribution is 7.13. The molecule has 1 aromatic heterocycles. The number of carbonyl (C=O) groups is 1. The van der Waals surface area contributed by atoms with Crippen LogP contribution in [-0.4, -0.2) is 17.4 Å². The van der Waals surface area contributed by atoms with Crippen molar-refractivity contribution in [1.29, 1.82) is 0 Å². The van der Waals surface area contributed by atoms with Crippen molar-refractivity contribution in [1.82, 2.24) is 10.3 Å². The monoisotopic (exact) mass is 210 g/mol. The largest absolute Gasteiger partial charge is 0.351 e. The van der Waals surface area contributed by atoms with Crippen molar-refractivity contribution in [3.8, 4) is 0 Å². The highest BCUT2D eigenvalue weighted by Gasteiger charge is 2.12. The van der Waals surface area contributed by atoms with E-state index in [2.05, 4.69) is 16.9 Å². The van der Waals surface area contributed by atoms with Gasteiger partial charge in [0.2, 0.25) is 0 Å². The molecule has 0 bridgehead atoms. The Balaban J connectivity index is 2.60. The normalized spacial score (nSPS) is 9.86. The van der Waals surface area contributed by atoms with Crippen LogP contribution in [0.4, 0.5) is 0 Å². The van der Waals surface area contributed by atoms with Crippen LogP contribution in [0, 0.1) is 13.8 Å². The summed E-state index contributed by atoms with van der Waals surface area (Å²) in [5, 5.41) is 3.74. The molecular weight excluding hydrogens is 196 g/mol. The summed E-state index contributed by atoms with van der Waals surface area (Å²) in [4.78, 5) is 16.5. The number of hydrogen-bond donors (Lipinski definition) is 1. The van der Waals surface area contributed by atoms with Gasteiger partial charge in [-0.15, -0.1) is 17.9 Å². The molecule has 0 aliphatic rings. The van der Waals surface area contributed by atoms with E-state index in [1.54, 1.807) is 6.08 Å². The summed E-state index contributed by atoms with van der Waals surface area (Å²) in [6.45, 7) is 7.98. The maximum Gasteiger partial charge on any atom is 0.263 e. The second-order valence-corrected chi connectivity index (χ2v) is 4.18. The molecule has 0 atom stereocenters. The first-order valence-corrected chi connectivity index (χ1v) is 5.30. The number of nitrogens with zero attached hydrogens (tertiary/aromatic N) is 1. The number of aromatic nitrogens is 1. The number of aryl methyl sites for hydroxylation is 2. The third-order valence-electron chi connectivity index (χ3n) is 1.74. The summed E-state index contributed by atoms with van der Waals surface area (Å²) in [5.74, 6) is -0.0325. The average Bonchev–Trinajstić information content (AvgIpc) is 2.45. The minimum Gasteiger partial charge on any atom is -0.351 e. The van der Waals surface area contributed by atoms with Gasteiger partial charge in [0.15, 0.2) is 0 Å². The molecule has 0 aromatic carbocycles. The first kappa shape index (κ1) is 10.9. The molecule has 1 amide bonds. The zero-order chi connectivity index (χ0) is 10.6. The van der Waals surface area contributed by atoms with E-state index >= 15 is 0 Å². The van der Waals surface area contributed by atoms with Crippen LogP contribution < -0.4 is 5.32 Å². The standard InChI is InChI=1S/C10H14N2OS/c1-4-5-6-11-10(13)9-7(2)12-8(3)14-9/h4H,1,5-6H2,2-3H3,(H,11,13). The second-order valence-electron chi connectivity index (χ2n) is 2.98. The molecule has 1 aromatic rings. The van der Waals surface area contributed by atoms with Crippen molar-refractivity contribution < 1.29 is 4.79 Å². The Labute approximate surface area is 87.9 Å². The van der Waals surface area contributed by atoms with Crippen LogP contribution in [0.5, 0.6) is 0 Å². The Morgan fingerprint density at radius 2 is 2.36 bits per heavy atom. The number of amides is 1. The molecule has 76 valence electrons. The van der Waals surface area contributed by atoms with E-state index in [0.29, 0.717) is 11.4 Å². The Bertz CT molecular complexity index is 344. The fourth-order valence-electron chi connectivity index (χ4n) is 1.11. The third kappa shape index (κ3) is 2.67. The number of thiazole rings is 1.